The molecule has 3 fully saturated rings. The molecule has 11 heteroatoms. The number of aromatic nitrogens is 4. The van der Waals surface area contributed by atoms with Crippen molar-refractivity contribution in [2.45, 2.75) is 120 Å². The zero-order valence-corrected chi connectivity index (χ0v) is 40.4. The highest BCUT2D eigenvalue weighted by Crippen LogP contribution is 2.58. The Labute approximate surface area is 389 Å². The molecule has 3 heterocycles. The van der Waals surface area contributed by atoms with E-state index in [0.717, 1.165) is 85.3 Å². The van der Waals surface area contributed by atoms with E-state index in [1.54, 1.807) is 48.6 Å². The fourth-order valence-corrected chi connectivity index (χ4v) is 11.9. The zero-order chi connectivity index (χ0) is 43.4. The molecular formula is C52H61F2IN4O3S. The summed E-state index contributed by atoms with van der Waals surface area (Å²) in [6.45, 7) is 5.63. The SMILES string of the molecule is CC[C@]12CCC(=O)C[C@@H]1CCCc1cc3c(cnn3-c3ccc(F)cc3)cc12.CC[C@]12CC[C@]3(CO3)C[C@@H]1CCCc1cc3c(cnn3-c3ccc(F)cc3)cc12.C[S+](C)(C)=O.[I-]. The molecular weight excluding hydrogens is 926 g/mol. The van der Waals surface area contributed by atoms with Crippen LogP contribution in [0.2, 0.25) is 0 Å². The van der Waals surface area contributed by atoms with Crippen LogP contribution in [0.4, 0.5) is 8.78 Å². The Hall–Kier alpha value is -3.81. The van der Waals surface area contributed by atoms with Crippen molar-refractivity contribution < 1.29 is 46.5 Å². The predicted octanol–water partition coefficient (Wildman–Crippen LogP) is 8.62. The molecule has 2 aromatic heterocycles. The molecule has 0 unspecified atom stereocenters. The molecule has 4 aliphatic carbocycles. The number of fused-ring (bicyclic) bond motifs is 8. The van der Waals surface area contributed by atoms with Crippen LogP contribution in [0.25, 0.3) is 33.2 Å². The van der Waals surface area contributed by atoms with Gasteiger partial charge >= 0.3 is 0 Å². The fraction of sp³-hybridized carbons (Fsp3) is 0.481. The van der Waals surface area contributed by atoms with E-state index < -0.39 is 9.93 Å². The van der Waals surface area contributed by atoms with E-state index in [9.17, 15) is 17.8 Å². The Morgan fingerprint density at radius 3 is 1.62 bits per heavy atom. The number of hydrogen-bond donors (Lipinski definition) is 0. The third kappa shape index (κ3) is 8.96. The number of rotatable bonds is 4. The Kier molecular flexibility index (Phi) is 13.0. The number of carbonyl (C=O) groups excluding carboxylic acids is 1. The second kappa shape index (κ2) is 17.9. The van der Waals surface area contributed by atoms with E-state index in [0.29, 0.717) is 18.1 Å². The first kappa shape index (κ1) is 45.7. The summed E-state index contributed by atoms with van der Waals surface area (Å²) in [6.07, 6.45) is 24.4. The van der Waals surface area contributed by atoms with Gasteiger partial charge in [-0.1, -0.05) is 13.8 Å². The quantitative estimate of drug-likeness (QED) is 0.101. The van der Waals surface area contributed by atoms with E-state index in [1.807, 2.05) is 21.8 Å². The highest BCUT2D eigenvalue weighted by Gasteiger charge is 2.56. The lowest BCUT2D eigenvalue weighted by Gasteiger charge is -2.46. The minimum absolute atomic E-state index is 0. The molecule has 0 N–H and O–H groups in total. The molecule has 0 bridgehead atoms. The topological polar surface area (TPSA) is 82.3 Å². The van der Waals surface area contributed by atoms with Crippen LogP contribution in [0.1, 0.15) is 113 Å². The summed E-state index contributed by atoms with van der Waals surface area (Å²) < 4.78 is 46.6. The van der Waals surface area contributed by atoms with E-state index in [2.05, 4.69) is 48.3 Å². The van der Waals surface area contributed by atoms with Gasteiger partial charge in [-0.05, 0) is 195 Å². The smallest absolute Gasteiger partial charge is 0.133 e. The molecule has 334 valence electrons. The van der Waals surface area contributed by atoms with Gasteiger partial charge in [0.25, 0.3) is 0 Å². The summed E-state index contributed by atoms with van der Waals surface area (Å²) in [5.74, 6) is 1.16. The number of aryl methyl sites for hydroxylation is 2. The van der Waals surface area contributed by atoms with Crippen LogP contribution >= 0.6 is 0 Å². The molecule has 6 aromatic rings. The molecule has 1 aliphatic heterocycles. The molecule has 4 aromatic carbocycles. The monoisotopic (exact) mass is 986 g/mol. The normalized spacial score (nSPS) is 26.0. The number of nitrogens with zero attached hydrogens (tertiary/aromatic N) is 4. The van der Waals surface area contributed by atoms with Gasteiger partial charge in [0, 0.05) is 23.6 Å². The zero-order valence-electron chi connectivity index (χ0n) is 37.4. The lowest BCUT2D eigenvalue weighted by Crippen LogP contribution is -3.00. The number of ether oxygens (including phenoxy) is 1. The Bertz CT molecular complexity index is 2660. The van der Waals surface area contributed by atoms with E-state index >= 15 is 0 Å². The minimum atomic E-state index is -1.42. The van der Waals surface area contributed by atoms with E-state index in [1.165, 1.54) is 84.9 Å². The van der Waals surface area contributed by atoms with E-state index in [-0.39, 0.29) is 52.0 Å². The van der Waals surface area contributed by atoms with Gasteiger partial charge in [-0.3, -0.25) is 4.79 Å². The van der Waals surface area contributed by atoms with Crippen LogP contribution in [0, 0.1) is 23.5 Å². The number of benzene rings is 4. The van der Waals surface area contributed by atoms with Crippen LogP contribution in [-0.2, 0) is 47.3 Å². The molecule has 63 heavy (non-hydrogen) atoms. The molecule has 11 rings (SSSR count). The lowest BCUT2D eigenvalue weighted by atomic mass is 9.58. The summed E-state index contributed by atoms with van der Waals surface area (Å²) in [6, 6.07) is 22.5. The van der Waals surface area contributed by atoms with Crippen LogP contribution in [-0.4, -0.2) is 56.3 Å². The number of carbonyl (C=O) groups is 1. The number of hydrogen-bond acceptors (Lipinski definition) is 5. The Morgan fingerprint density at radius 2 is 1.16 bits per heavy atom. The first-order chi connectivity index (χ1) is 29.7. The van der Waals surface area contributed by atoms with Crippen molar-refractivity contribution >= 4 is 37.5 Å². The maximum Gasteiger partial charge on any atom is 0.133 e. The van der Waals surface area contributed by atoms with Crippen LogP contribution in [0.3, 0.4) is 0 Å². The van der Waals surface area contributed by atoms with Crippen molar-refractivity contribution in [2.24, 2.45) is 11.8 Å². The van der Waals surface area contributed by atoms with Crippen molar-refractivity contribution in [2.75, 3.05) is 25.4 Å². The average molecular weight is 987 g/mol. The van der Waals surface area contributed by atoms with Crippen LogP contribution in [0.5, 0.6) is 0 Å². The molecule has 1 spiro atoms. The van der Waals surface area contributed by atoms with Gasteiger partial charge in [0.2, 0.25) is 0 Å². The standard InChI is InChI=1S/C25H27FN2O.C24H25FN2O.C3H9OS.HI/c1-2-25-11-10-24(16-29-24)14-19(25)5-3-4-17-13-23-18(12-22(17)25)15-27-28(23)21-8-6-20(26)7-9-21;1-2-24-11-10-21(28)14-18(24)5-3-4-16-13-23-17(12-22(16)24)15-26-27(23)20-8-6-19(25)7-9-20;1-5(2,3)4;/h6-9,12-13,15,19H,2-5,10-11,14,16H2,1H3;6-9,12-13,15,18H,2-5,10-11,14H2,1H3;1-3H3;1H/q;;+1;/p-1/t19-,24+,25-;18-,24-;;/m00../s1. The first-order valence-corrected chi connectivity index (χ1v) is 25.6. The summed E-state index contributed by atoms with van der Waals surface area (Å²) >= 11 is 0. The largest absolute Gasteiger partial charge is 1.00 e. The number of halogens is 3. The van der Waals surface area contributed by atoms with Crippen molar-refractivity contribution in [3.63, 3.8) is 0 Å². The van der Waals surface area contributed by atoms with Gasteiger partial charge in [-0.2, -0.15) is 10.2 Å². The molecule has 0 amide bonds. The molecule has 5 atom stereocenters. The van der Waals surface area contributed by atoms with Crippen LogP contribution in [0.15, 0.2) is 85.2 Å². The lowest BCUT2D eigenvalue weighted by molar-refractivity contribution is -0.123. The number of ketones is 1. The summed E-state index contributed by atoms with van der Waals surface area (Å²) in [7, 11) is -1.42. The van der Waals surface area contributed by atoms with Crippen molar-refractivity contribution in [1.82, 2.24) is 19.6 Å². The molecule has 1 saturated heterocycles. The molecule has 7 nitrogen and oxygen atoms in total. The highest BCUT2D eigenvalue weighted by molar-refractivity contribution is 8.00. The second-order valence-corrected chi connectivity index (χ2v) is 23.0. The van der Waals surface area contributed by atoms with Crippen LogP contribution < -0.4 is 24.0 Å². The molecule has 0 radical (unpaired) electrons. The van der Waals surface area contributed by atoms with Gasteiger partial charge < -0.3 is 28.7 Å². The summed E-state index contributed by atoms with van der Waals surface area (Å²) in [5.41, 5.74) is 10.5. The minimum Gasteiger partial charge on any atom is -1.00 e. The van der Waals surface area contributed by atoms with Gasteiger partial charge in [0.1, 0.15) is 36.2 Å². The molecule has 2 saturated carbocycles. The average Bonchev–Trinajstić information content (AvgIpc) is 3.78. The Morgan fingerprint density at radius 1 is 0.698 bits per heavy atom. The Balaban J connectivity index is 0.000000154. The maximum absolute atomic E-state index is 13.4. The van der Waals surface area contributed by atoms with Gasteiger partial charge in [0.05, 0.1) is 56.9 Å². The molecule has 5 aliphatic rings. The third-order valence-electron chi connectivity index (χ3n) is 15.1. The van der Waals surface area contributed by atoms with Gasteiger partial charge in [-0.15, -0.1) is 4.21 Å². The number of epoxide rings is 1. The summed E-state index contributed by atoms with van der Waals surface area (Å²) in [4.78, 5) is 12.2. The highest BCUT2D eigenvalue weighted by atomic mass is 127. The van der Waals surface area contributed by atoms with Gasteiger partial charge in [-0.25, -0.2) is 18.1 Å². The van der Waals surface area contributed by atoms with Crippen molar-refractivity contribution in [1.29, 1.82) is 0 Å². The first-order valence-electron chi connectivity index (χ1n) is 22.8. The predicted molar refractivity (Wildman–Crippen MR) is 246 cm³/mol. The number of Topliss-reactive ketones (excluding diaryl/α,β-unsaturated/α-hetero) is 1. The van der Waals surface area contributed by atoms with E-state index in [4.69, 9.17) is 4.74 Å². The second-order valence-electron chi connectivity index (χ2n) is 19.5. The third-order valence-corrected chi connectivity index (χ3v) is 15.1. The van der Waals surface area contributed by atoms with Crippen molar-refractivity contribution in [3.8, 4) is 11.4 Å². The maximum atomic E-state index is 13.4. The van der Waals surface area contributed by atoms with Gasteiger partial charge in [0.15, 0.2) is 0 Å². The fourth-order valence-electron chi connectivity index (χ4n) is 11.9. The van der Waals surface area contributed by atoms with Crippen molar-refractivity contribution in [3.05, 3.63) is 119 Å². The summed E-state index contributed by atoms with van der Waals surface area (Å²) in [5, 5.41) is 11.5.